The molecule has 0 unspecified atom stereocenters. The van der Waals surface area contributed by atoms with Gasteiger partial charge in [-0.05, 0) is 48.7 Å². The van der Waals surface area contributed by atoms with E-state index in [9.17, 15) is 4.79 Å². The van der Waals surface area contributed by atoms with Gasteiger partial charge >= 0.3 is 0 Å². The Hall–Kier alpha value is -2.29. The van der Waals surface area contributed by atoms with Crippen molar-refractivity contribution in [3.63, 3.8) is 0 Å². The van der Waals surface area contributed by atoms with Crippen molar-refractivity contribution < 1.29 is 4.42 Å². The number of nitrogens with zero attached hydrogens (tertiary/aromatic N) is 1. The number of rotatable bonds is 1. The second-order valence-electron chi connectivity index (χ2n) is 4.44. The van der Waals surface area contributed by atoms with Gasteiger partial charge in [0.05, 0.1) is 11.8 Å². The predicted octanol–water partition coefficient (Wildman–Crippen LogP) is 3.11. The molecule has 0 amide bonds. The molecule has 2 aromatic heterocycles. The van der Waals surface area contributed by atoms with E-state index in [1.807, 2.05) is 43.3 Å². The van der Waals surface area contributed by atoms with Gasteiger partial charge in [-0.15, -0.1) is 0 Å². The van der Waals surface area contributed by atoms with Crippen molar-refractivity contribution in [2.75, 3.05) is 0 Å². The lowest BCUT2D eigenvalue weighted by molar-refractivity contribution is 0.582. The average Bonchev–Trinajstić information content (AvgIpc) is 2.89. The van der Waals surface area contributed by atoms with Crippen LogP contribution in [0.5, 0.6) is 0 Å². The second kappa shape index (κ2) is 3.88. The predicted molar refractivity (Wildman–Crippen MR) is 71.6 cm³/mol. The van der Waals surface area contributed by atoms with E-state index in [1.165, 1.54) is 0 Å². The molecule has 0 fully saturated rings. The molecule has 3 nitrogen and oxygen atoms in total. The molecule has 3 aromatic rings. The molecular weight excluding hydrogens is 226 g/mol. The van der Waals surface area contributed by atoms with Crippen LogP contribution in [0.3, 0.4) is 0 Å². The first-order chi connectivity index (χ1) is 8.66. The summed E-state index contributed by atoms with van der Waals surface area (Å²) in [7, 11) is 1.80. The summed E-state index contributed by atoms with van der Waals surface area (Å²) in [6.45, 7) is 1.83. The van der Waals surface area contributed by atoms with Crippen LogP contribution in [-0.4, -0.2) is 4.57 Å². The van der Waals surface area contributed by atoms with E-state index in [0.29, 0.717) is 0 Å². The van der Waals surface area contributed by atoms with Gasteiger partial charge in [0.25, 0.3) is 5.56 Å². The number of hydrogen-bond donors (Lipinski definition) is 0. The largest absolute Gasteiger partial charge is 0.464 e. The number of furan rings is 1. The van der Waals surface area contributed by atoms with E-state index < -0.39 is 0 Å². The second-order valence-corrected chi connectivity index (χ2v) is 4.44. The molecule has 0 spiro atoms. The molecule has 0 aliphatic heterocycles. The molecule has 3 heteroatoms. The zero-order chi connectivity index (χ0) is 12.7. The van der Waals surface area contributed by atoms with Crippen LogP contribution in [0, 0.1) is 6.92 Å². The molecular formula is C15H13NO2. The van der Waals surface area contributed by atoms with Crippen LogP contribution in [0.1, 0.15) is 5.56 Å². The van der Waals surface area contributed by atoms with E-state index in [2.05, 4.69) is 0 Å². The van der Waals surface area contributed by atoms with Crippen LogP contribution < -0.4 is 5.56 Å². The van der Waals surface area contributed by atoms with E-state index >= 15 is 0 Å². The molecule has 0 N–H and O–H groups in total. The summed E-state index contributed by atoms with van der Waals surface area (Å²) in [5, 5.41) is 1.04. The number of benzene rings is 1. The normalized spacial score (nSPS) is 11.0. The monoisotopic (exact) mass is 239 g/mol. The Morgan fingerprint density at radius 2 is 2.00 bits per heavy atom. The maximum atomic E-state index is 11.8. The van der Waals surface area contributed by atoms with E-state index in [0.717, 1.165) is 27.8 Å². The summed E-state index contributed by atoms with van der Waals surface area (Å²) >= 11 is 0. The molecule has 3 rings (SSSR count). The Balaban J connectivity index is 2.31. The quantitative estimate of drug-likeness (QED) is 0.654. The minimum atomic E-state index is 0.0493. The van der Waals surface area contributed by atoms with Crippen LogP contribution in [0.2, 0.25) is 0 Å². The number of aryl methyl sites for hydroxylation is 2. The maximum Gasteiger partial charge on any atom is 0.253 e. The summed E-state index contributed by atoms with van der Waals surface area (Å²) < 4.78 is 7.06. The summed E-state index contributed by atoms with van der Waals surface area (Å²) in [6, 6.07) is 11.7. The molecule has 0 saturated heterocycles. The highest BCUT2D eigenvalue weighted by atomic mass is 16.3. The molecule has 0 atom stereocenters. The number of pyridine rings is 1. The fraction of sp³-hybridized carbons (Fsp3) is 0.133. The van der Waals surface area contributed by atoms with Crippen LogP contribution >= 0.6 is 0 Å². The highest BCUT2D eigenvalue weighted by Crippen LogP contribution is 2.24. The lowest BCUT2D eigenvalue weighted by Crippen LogP contribution is -2.18. The third-order valence-corrected chi connectivity index (χ3v) is 3.21. The highest BCUT2D eigenvalue weighted by Gasteiger charge is 2.06. The smallest absolute Gasteiger partial charge is 0.253 e. The van der Waals surface area contributed by atoms with Gasteiger partial charge < -0.3 is 8.98 Å². The van der Waals surface area contributed by atoms with E-state index in [-0.39, 0.29) is 5.56 Å². The molecule has 2 heterocycles. The third kappa shape index (κ3) is 1.56. The van der Waals surface area contributed by atoms with Gasteiger partial charge in [0.2, 0.25) is 0 Å². The van der Waals surface area contributed by atoms with Crippen molar-refractivity contribution in [2.45, 2.75) is 6.92 Å². The summed E-state index contributed by atoms with van der Waals surface area (Å²) in [5.41, 5.74) is 2.75. The standard InChI is InChI=1S/C15H13NO2/c1-10-8-12-9-11(14-4-3-7-18-14)5-6-13(12)16(2)15(10)17/h3-9H,1-2H3. The molecule has 0 radical (unpaired) electrons. The Morgan fingerprint density at radius 3 is 2.72 bits per heavy atom. The zero-order valence-corrected chi connectivity index (χ0v) is 10.3. The van der Waals surface area contributed by atoms with Crippen molar-refractivity contribution >= 4 is 10.9 Å². The van der Waals surface area contributed by atoms with Crippen LogP contribution in [-0.2, 0) is 7.05 Å². The van der Waals surface area contributed by atoms with Crippen molar-refractivity contribution in [3.8, 4) is 11.3 Å². The van der Waals surface area contributed by atoms with Crippen LogP contribution in [0.15, 0.2) is 51.9 Å². The van der Waals surface area contributed by atoms with E-state index in [4.69, 9.17) is 4.42 Å². The fourth-order valence-corrected chi connectivity index (χ4v) is 2.24. The fourth-order valence-electron chi connectivity index (χ4n) is 2.24. The van der Waals surface area contributed by atoms with Crippen LogP contribution in [0.25, 0.3) is 22.2 Å². The summed E-state index contributed by atoms with van der Waals surface area (Å²) in [4.78, 5) is 11.8. The first-order valence-corrected chi connectivity index (χ1v) is 5.81. The first-order valence-electron chi connectivity index (χ1n) is 5.81. The number of fused-ring (bicyclic) bond motifs is 1. The summed E-state index contributed by atoms with van der Waals surface area (Å²) in [6.07, 6.45) is 1.66. The van der Waals surface area contributed by atoms with Gasteiger partial charge in [-0.3, -0.25) is 4.79 Å². The average molecular weight is 239 g/mol. The zero-order valence-electron chi connectivity index (χ0n) is 10.3. The molecule has 18 heavy (non-hydrogen) atoms. The molecule has 90 valence electrons. The maximum absolute atomic E-state index is 11.8. The highest BCUT2D eigenvalue weighted by molar-refractivity contribution is 5.84. The third-order valence-electron chi connectivity index (χ3n) is 3.21. The Kier molecular flexibility index (Phi) is 2.33. The van der Waals surface area contributed by atoms with Crippen molar-refractivity contribution in [1.29, 1.82) is 0 Å². The van der Waals surface area contributed by atoms with Gasteiger partial charge in [0.15, 0.2) is 0 Å². The molecule has 0 bridgehead atoms. The van der Waals surface area contributed by atoms with Crippen molar-refractivity contribution in [2.24, 2.45) is 7.05 Å². The van der Waals surface area contributed by atoms with Gasteiger partial charge in [-0.2, -0.15) is 0 Å². The topological polar surface area (TPSA) is 35.1 Å². The number of hydrogen-bond acceptors (Lipinski definition) is 2. The van der Waals surface area contributed by atoms with Gasteiger partial charge in [0, 0.05) is 18.2 Å². The SMILES string of the molecule is Cc1cc2cc(-c3ccco3)ccc2n(C)c1=O. The minimum Gasteiger partial charge on any atom is -0.464 e. The minimum absolute atomic E-state index is 0.0493. The molecule has 0 saturated carbocycles. The first kappa shape index (κ1) is 10.8. The van der Waals surface area contributed by atoms with Crippen molar-refractivity contribution in [1.82, 2.24) is 4.57 Å². The lowest BCUT2D eigenvalue weighted by atomic mass is 10.1. The van der Waals surface area contributed by atoms with Crippen LogP contribution in [0.4, 0.5) is 0 Å². The molecule has 0 aliphatic rings. The van der Waals surface area contributed by atoms with Gasteiger partial charge in [0.1, 0.15) is 5.76 Å². The Labute approximate surface area is 104 Å². The lowest BCUT2D eigenvalue weighted by Gasteiger charge is -2.07. The Bertz CT molecular complexity index is 767. The molecule has 1 aromatic carbocycles. The van der Waals surface area contributed by atoms with Crippen molar-refractivity contribution in [3.05, 3.63) is 58.6 Å². The van der Waals surface area contributed by atoms with Gasteiger partial charge in [-0.1, -0.05) is 0 Å². The summed E-state index contributed by atoms with van der Waals surface area (Å²) in [5.74, 6) is 0.836. The van der Waals surface area contributed by atoms with Gasteiger partial charge in [-0.25, -0.2) is 0 Å². The van der Waals surface area contributed by atoms with E-state index in [1.54, 1.807) is 17.9 Å². The molecule has 0 aliphatic carbocycles. The Morgan fingerprint density at radius 1 is 1.17 bits per heavy atom. The number of aromatic nitrogens is 1.